The molecule has 1 aliphatic heterocycles. The molecule has 0 aliphatic carbocycles. The summed E-state index contributed by atoms with van der Waals surface area (Å²) in [4.78, 5) is 43.1. The first kappa shape index (κ1) is 41.5. The van der Waals surface area contributed by atoms with Gasteiger partial charge in [0.1, 0.15) is 6.04 Å². The molecule has 3 heterocycles. The Morgan fingerprint density at radius 3 is 2.14 bits per heavy atom. The van der Waals surface area contributed by atoms with Gasteiger partial charge < -0.3 is 9.80 Å². The molecule has 11 heteroatoms. The van der Waals surface area contributed by atoms with Crippen LogP contribution in [0.1, 0.15) is 41.8 Å². The van der Waals surface area contributed by atoms with Gasteiger partial charge in [0.2, 0.25) is 11.8 Å². The molecule has 1 fully saturated rings. The maximum atomic E-state index is 14.4. The molecule has 5 aromatic rings. The van der Waals surface area contributed by atoms with E-state index in [1.54, 1.807) is 16.6 Å². The molecule has 1 atom stereocenters. The predicted molar refractivity (Wildman–Crippen MR) is 218 cm³/mol. The SMILES string of the molecule is C=C(C)/C=C\C.O=C([C@H](Cc1cscn1)N(Cc1ccc(-c2ccccn2)cc1)C(=O)/C=C/c1ccc(C(F)(F)F)cc1)N1CCN(Cc2ccccc2)CC1. The molecule has 2 amide bonds. The van der Waals surface area contributed by atoms with Gasteiger partial charge in [-0.1, -0.05) is 97.1 Å². The number of carbonyl (C=O) groups is 2. The molecule has 0 unspecified atom stereocenters. The van der Waals surface area contributed by atoms with Crippen molar-refractivity contribution in [3.05, 3.63) is 172 Å². The molecule has 0 saturated carbocycles. The van der Waals surface area contributed by atoms with Crippen LogP contribution in [0.15, 0.2) is 145 Å². The summed E-state index contributed by atoms with van der Waals surface area (Å²) in [6.07, 6.45) is 4.23. The van der Waals surface area contributed by atoms with Crippen molar-refractivity contribution in [2.45, 2.75) is 45.6 Å². The molecule has 0 bridgehead atoms. The Morgan fingerprint density at radius 2 is 1.57 bits per heavy atom. The van der Waals surface area contributed by atoms with Crippen LogP contribution in [0.4, 0.5) is 13.2 Å². The zero-order valence-corrected chi connectivity index (χ0v) is 32.4. The minimum absolute atomic E-state index is 0.132. The fourth-order valence-electron chi connectivity index (χ4n) is 6.23. The third-order valence-corrected chi connectivity index (χ3v) is 9.77. The van der Waals surface area contributed by atoms with Crippen LogP contribution >= 0.6 is 11.3 Å². The van der Waals surface area contributed by atoms with Crippen molar-refractivity contribution >= 4 is 29.2 Å². The number of halogens is 3. The highest BCUT2D eigenvalue weighted by Crippen LogP contribution is 2.29. The zero-order chi connectivity index (χ0) is 39.9. The minimum atomic E-state index is -4.46. The number of carbonyl (C=O) groups excluding carboxylic acids is 2. The second-order valence-electron chi connectivity index (χ2n) is 13.5. The number of aromatic nitrogens is 2. The van der Waals surface area contributed by atoms with Gasteiger partial charge in [0.05, 0.1) is 22.5 Å². The van der Waals surface area contributed by atoms with Gasteiger partial charge in [-0.25, -0.2) is 4.98 Å². The van der Waals surface area contributed by atoms with Crippen molar-refractivity contribution in [1.29, 1.82) is 0 Å². The molecule has 0 spiro atoms. The number of piperazine rings is 1. The largest absolute Gasteiger partial charge is 0.416 e. The van der Waals surface area contributed by atoms with E-state index < -0.39 is 23.7 Å². The highest BCUT2D eigenvalue weighted by molar-refractivity contribution is 7.07. The van der Waals surface area contributed by atoms with Crippen molar-refractivity contribution < 1.29 is 22.8 Å². The Balaban J connectivity index is 0.000000927. The number of hydrogen-bond acceptors (Lipinski definition) is 6. The fourth-order valence-corrected chi connectivity index (χ4v) is 6.80. The van der Waals surface area contributed by atoms with Gasteiger partial charge in [-0.05, 0) is 60.9 Å². The molecule has 290 valence electrons. The lowest BCUT2D eigenvalue weighted by Gasteiger charge is -2.39. The number of thiazole rings is 1. The Kier molecular flexibility index (Phi) is 15.1. The number of alkyl halides is 3. The zero-order valence-electron chi connectivity index (χ0n) is 31.6. The summed E-state index contributed by atoms with van der Waals surface area (Å²) in [6, 6.07) is 27.3. The van der Waals surface area contributed by atoms with Crippen molar-refractivity contribution in [3.63, 3.8) is 0 Å². The van der Waals surface area contributed by atoms with E-state index in [1.165, 1.54) is 41.2 Å². The summed E-state index contributed by atoms with van der Waals surface area (Å²) >= 11 is 1.42. The summed E-state index contributed by atoms with van der Waals surface area (Å²) in [5, 5.41) is 1.88. The van der Waals surface area contributed by atoms with Gasteiger partial charge in [0.25, 0.3) is 0 Å². The van der Waals surface area contributed by atoms with Crippen LogP contribution in [-0.4, -0.2) is 68.7 Å². The molecular formula is C45H46F3N5O2S. The topological polar surface area (TPSA) is 69.6 Å². The fraction of sp³-hybridized carbons (Fsp3) is 0.244. The van der Waals surface area contributed by atoms with Crippen LogP contribution in [-0.2, 0) is 35.3 Å². The standard InChI is InChI=1S/C39H36F3N5O2S.C6H10/c40-39(41,42)33-16-11-29(12-17-33)13-18-37(48)47(26-31-9-14-32(15-10-31)35-8-4-5-19-43-35)36(24-34-27-50-28-44-34)38(49)46-22-20-45(21-23-46)25-30-6-2-1-3-7-30;1-4-5-6(2)3/h1-19,27-28,36H,20-26H2;4-5H,2H2,1,3H3/b18-13+;5-4-/t36-;/m0./s1. The number of allylic oxidation sites excluding steroid dienone is 3. The molecule has 0 N–H and O–H groups in total. The summed E-state index contributed by atoms with van der Waals surface area (Å²) < 4.78 is 39.4. The van der Waals surface area contributed by atoms with Crippen LogP contribution in [0.3, 0.4) is 0 Å². The maximum absolute atomic E-state index is 14.4. The van der Waals surface area contributed by atoms with Crippen molar-refractivity contribution in [2.75, 3.05) is 26.2 Å². The van der Waals surface area contributed by atoms with Crippen molar-refractivity contribution in [3.8, 4) is 11.3 Å². The first-order valence-corrected chi connectivity index (χ1v) is 19.3. The van der Waals surface area contributed by atoms with Gasteiger partial charge in [0.15, 0.2) is 0 Å². The average molecular weight is 778 g/mol. The summed E-state index contributed by atoms with van der Waals surface area (Å²) in [6.45, 7) is 11.0. The molecule has 6 rings (SSSR count). The molecule has 2 aromatic heterocycles. The first-order chi connectivity index (χ1) is 27.0. The molecule has 1 aliphatic rings. The molecule has 1 saturated heterocycles. The highest BCUT2D eigenvalue weighted by atomic mass is 32.1. The van der Waals surface area contributed by atoms with Crippen molar-refractivity contribution in [1.82, 2.24) is 24.7 Å². The van der Waals surface area contributed by atoms with Crippen LogP contribution in [0.5, 0.6) is 0 Å². The first-order valence-electron chi connectivity index (χ1n) is 18.4. The lowest BCUT2D eigenvalue weighted by molar-refractivity contribution is -0.145. The maximum Gasteiger partial charge on any atom is 0.416 e. The normalized spacial score (nSPS) is 14.0. The van der Waals surface area contributed by atoms with Crippen LogP contribution in [0, 0.1) is 0 Å². The number of benzene rings is 3. The average Bonchev–Trinajstić information content (AvgIpc) is 3.73. The molecule has 56 heavy (non-hydrogen) atoms. The lowest BCUT2D eigenvalue weighted by atomic mass is 10.0. The number of pyridine rings is 1. The lowest BCUT2D eigenvalue weighted by Crippen LogP contribution is -2.56. The number of amides is 2. The van der Waals surface area contributed by atoms with E-state index in [0.29, 0.717) is 37.4 Å². The molecule has 7 nitrogen and oxygen atoms in total. The van der Waals surface area contributed by atoms with Crippen molar-refractivity contribution in [2.24, 2.45) is 0 Å². The van der Waals surface area contributed by atoms with E-state index in [4.69, 9.17) is 0 Å². The second kappa shape index (κ2) is 20.3. The molecular weight excluding hydrogens is 732 g/mol. The third kappa shape index (κ3) is 12.4. The minimum Gasteiger partial charge on any atom is -0.338 e. The van der Waals surface area contributed by atoms with Gasteiger partial charge in [-0.15, -0.1) is 11.3 Å². The highest BCUT2D eigenvalue weighted by Gasteiger charge is 2.35. The van der Waals surface area contributed by atoms with E-state index in [2.05, 4.69) is 33.6 Å². The van der Waals surface area contributed by atoms with Gasteiger partial charge in [-0.3, -0.25) is 19.5 Å². The van der Waals surface area contributed by atoms with E-state index in [1.807, 2.05) is 96.9 Å². The number of hydrogen-bond donors (Lipinski definition) is 0. The van der Waals surface area contributed by atoms with Crippen LogP contribution in [0.2, 0.25) is 0 Å². The van der Waals surface area contributed by atoms with Gasteiger partial charge in [-0.2, -0.15) is 13.2 Å². The summed E-state index contributed by atoms with van der Waals surface area (Å²) in [5.41, 5.74) is 6.92. The second-order valence-corrected chi connectivity index (χ2v) is 14.2. The van der Waals surface area contributed by atoms with Gasteiger partial charge in [0, 0.05) is 68.9 Å². The number of nitrogens with zero attached hydrogens (tertiary/aromatic N) is 5. The Bertz CT molecular complexity index is 2040. The Labute approximate surface area is 331 Å². The molecule has 3 aromatic carbocycles. The van der Waals surface area contributed by atoms with E-state index in [0.717, 1.165) is 41.1 Å². The molecule has 0 radical (unpaired) electrons. The van der Waals surface area contributed by atoms with Crippen LogP contribution in [0.25, 0.3) is 17.3 Å². The predicted octanol–water partition coefficient (Wildman–Crippen LogP) is 9.36. The van der Waals surface area contributed by atoms with Crippen LogP contribution < -0.4 is 0 Å². The summed E-state index contributed by atoms with van der Waals surface area (Å²) in [7, 11) is 0. The Hall–Kier alpha value is -5.65. The number of rotatable bonds is 12. The van der Waals surface area contributed by atoms with E-state index in [9.17, 15) is 22.8 Å². The third-order valence-electron chi connectivity index (χ3n) is 9.14. The quantitative estimate of drug-likeness (QED) is 0.0934. The monoisotopic (exact) mass is 777 g/mol. The Morgan fingerprint density at radius 1 is 0.875 bits per heavy atom. The smallest absolute Gasteiger partial charge is 0.338 e. The van der Waals surface area contributed by atoms with Gasteiger partial charge >= 0.3 is 6.18 Å². The summed E-state index contributed by atoms with van der Waals surface area (Å²) in [5.74, 6) is -0.603. The van der Waals surface area contributed by atoms with E-state index >= 15 is 0 Å². The van der Waals surface area contributed by atoms with E-state index in [-0.39, 0.29) is 18.9 Å².